The molecule has 0 aliphatic heterocycles. The van der Waals surface area contributed by atoms with Crippen LogP contribution in [0.4, 0.5) is 5.69 Å². The lowest BCUT2D eigenvalue weighted by molar-refractivity contribution is -0.384. The zero-order valence-corrected chi connectivity index (χ0v) is 8.41. The van der Waals surface area contributed by atoms with Gasteiger partial charge in [-0.25, -0.2) is 4.21 Å². The molecule has 0 unspecified atom stereocenters. The van der Waals surface area contributed by atoms with Crippen molar-refractivity contribution in [2.45, 2.75) is 5.75 Å². The molecule has 0 saturated heterocycles. The van der Waals surface area contributed by atoms with E-state index in [4.69, 9.17) is 4.78 Å². The number of benzene rings is 1. The van der Waals surface area contributed by atoms with Crippen molar-refractivity contribution < 1.29 is 9.13 Å². The van der Waals surface area contributed by atoms with Crippen LogP contribution in [0.3, 0.4) is 0 Å². The second-order valence-electron chi connectivity index (χ2n) is 3.08. The summed E-state index contributed by atoms with van der Waals surface area (Å²) in [5.74, 6) is 0.0503. The number of nitrogens with zero attached hydrogens (tertiary/aromatic N) is 1. The Morgan fingerprint density at radius 2 is 2.21 bits per heavy atom. The fourth-order valence-corrected chi connectivity index (χ4v) is 1.89. The van der Waals surface area contributed by atoms with E-state index in [1.165, 1.54) is 24.5 Å². The fourth-order valence-electron chi connectivity index (χ4n) is 1.08. The summed E-state index contributed by atoms with van der Waals surface area (Å²) in [6, 6.07) is 5.87. The summed E-state index contributed by atoms with van der Waals surface area (Å²) < 4.78 is 18.3. The molecule has 1 N–H and O–H groups in total. The Bertz CT molecular complexity index is 453. The van der Waals surface area contributed by atoms with Crippen LogP contribution in [-0.4, -0.2) is 15.4 Å². The summed E-state index contributed by atoms with van der Waals surface area (Å²) in [5, 5.41) is 10.4. The maximum absolute atomic E-state index is 11.1. The minimum absolute atomic E-state index is 0.0360. The predicted molar refractivity (Wildman–Crippen MR) is 53.6 cm³/mol. The zero-order valence-electron chi connectivity index (χ0n) is 7.60. The van der Waals surface area contributed by atoms with Crippen LogP contribution in [0.25, 0.3) is 0 Å². The van der Waals surface area contributed by atoms with Crippen LogP contribution in [0.5, 0.6) is 0 Å². The Morgan fingerprint density at radius 1 is 1.57 bits per heavy atom. The van der Waals surface area contributed by atoms with Gasteiger partial charge in [-0.15, -0.1) is 0 Å². The van der Waals surface area contributed by atoms with Gasteiger partial charge in [0, 0.05) is 28.1 Å². The third-order valence-electron chi connectivity index (χ3n) is 1.56. The van der Waals surface area contributed by atoms with Crippen LogP contribution < -0.4 is 0 Å². The average Bonchev–Trinajstić information content (AvgIpc) is 2.01. The van der Waals surface area contributed by atoms with Gasteiger partial charge >= 0.3 is 0 Å². The molecule has 0 heterocycles. The van der Waals surface area contributed by atoms with Crippen molar-refractivity contribution in [3.05, 3.63) is 39.9 Å². The number of nitro groups is 1. The van der Waals surface area contributed by atoms with E-state index in [9.17, 15) is 14.3 Å². The minimum atomic E-state index is -2.64. The summed E-state index contributed by atoms with van der Waals surface area (Å²) in [5.41, 5.74) is 0.521. The highest BCUT2D eigenvalue weighted by molar-refractivity contribution is 7.90. The number of hydrogen-bond acceptors (Lipinski definition) is 4. The van der Waals surface area contributed by atoms with E-state index in [-0.39, 0.29) is 11.4 Å². The van der Waals surface area contributed by atoms with E-state index in [0.717, 1.165) is 0 Å². The smallest absolute Gasteiger partial charge is 0.258 e. The van der Waals surface area contributed by atoms with Crippen molar-refractivity contribution in [1.29, 1.82) is 4.78 Å². The van der Waals surface area contributed by atoms with Crippen LogP contribution in [0.1, 0.15) is 5.56 Å². The molecule has 1 rings (SSSR count). The first kappa shape index (κ1) is 10.6. The van der Waals surface area contributed by atoms with Crippen molar-refractivity contribution in [3.63, 3.8) is 0 Å². The fraction of sp³-hybridized carbons (Fsp3) is 0.250. The topological polar surface area (TPSA) is 84.1 Å². The summed E-state index contributed by atoms with van der Waals surface area (Å²) in [6.45, 7) is 0. The Balaban J connectivity index is 3.01. The van der Waals surface area contributed by atoms with Crippen molar-refractivity contribution in [2.24, 2.45) is 0 Å². The van der Waals surface area contributed by atoms with Crippen molar-refractivity contribution in [2.75, 3.05) is 6.26 Å². The van der Waals surface area contributed by atoms with Gasteiger partial charge in [0.1, 0.15) is 0 Å². The van der Waals surface area contributed by atoms with Crippen LogP contribution >= 0.6 is 0 Å². The molecule has 1 aromatic carbocycles. The molecule has 76 valence electrons. The van der Waals surface area contributed by atoms with Gasteiger partial charge in [0.15, 0.2) is 0 Å². The van der Waals surface area contributed by atoms with E-state index >= 15 is 0 Å². The first-order valence-corrected chi connectivity index (χ1v) is 5.97. The van der Waals surface area contributed by atoms with Crippen molar-refractivity contribution in [1.82, 2.24) is 0 Å². The third-order valence-corrected chi connectivity index (χ3v) is 2.45. The molecule has 14 heavy (non-hydrogen) atoms. The molecule has 5 nitrogen and oxygen atoms in total. The molecule has 0 saturated carbocycles. The molecule has 0 amide bonds. The molecule has 0 radical (unpaired) electrons. The van der Waals surface area contributed by atoms with Gasteiger partial charge in [-0.3, -0.25) is 14.9 Å². The molecule has 0 bridgehead atoms. The molecule has 0 aromatic heterocycles. The molecule has 1 aromatic rings. The monoisotopic (exact) mass is 214 g/mol. The summed E-state index contributed by atoms with van der Waals surface area (Å²) in [7, 11) is -2.64. The number of hydrogen-bond donors (Lipinski definition) is 1. The normalized spacial score (nSPS) is 14.6. The summed E-state index contributed by atoms with van der Waals surface area (Å²) in [4.78, 5) is 9.90. The maximum Gasteiger partial charge on any atom is 0.269 e. The molecule has 6 heteroatoms. The van der Waals surface area contributed by atoms with Crippen molar-refractivity contribution in [3.8, 4) is 0 Å². The second kappa shape index (κ2) is 3.75. The molecular weight excluding hydrogens is 204 g/mol. The SMILES string of the molecule is C[S@](=N)(=O)Cc1cccc([N+](=O)[O-])c1. The van der Waals surface area contributed by atoms with Crippen LogP contribution in [0.15, 0.2) is 24.3 Å². The number of rotatable bonds is 3. The highest BCUT2D eigenvalue weighted by Crippen LogP contribution is 2.14. The first-order chi connectivity index (χ1) is 6.38. The van der Waals surface area contributed by atoms with E-state index in [1.807, 2.05) is 0 Å². The van der Waals surface area contributed by atoms with Gasteiger partial charge in [0.2, 0.25) is 0 Å². The molecule has 0 aliphatic rings. The van der Waals surface area contributed by atoms with E-state index in [1.54, 1.807) is 6.07 Å². The van der Waals surface area contributed by atoms with Crippen molar-refractivity contribution >= 4 is 15.4 Å². The molecule has 0 spiro atoms. The predicted octanol–water partition coefficient (Wildman–Crippen LogP) is 1.77. The highest BCUT2D eigenvalue weighted by atomic mass is 32.2. The van der Waals surface area contributed by atoms with E-state index in [0.29, 0.717) is 5.56 Å². The van der Waals surface area contributed by atoms with Gasteiger partial charge in [-0.2, -0.15) is 0 Å². The lowest BCUT2D eigenvalue weighted by Crippen LogP contribution is -1.99. The molecule has 1 atom stereocenters. The Kier molecular flexibility index (Phi) is 2.85. The standard InChI is InChI=1S/C8H10N2O3S/c1-14(9,13)6-7-3-2-4-8(5-7)10(11)12/h2-5,9H,6H2,1H3/t14-/m0/s1. The lowest BCUT2D eigenvalue weighted by atomic mass is 10.2. The third kappa shape index (κ3) is 3.14. The number of nitrogens with one attached hydrogen (secondary N) is 1. The van der Waals surface area contributed by atoms with Gasteiger partial charge in [0.25, 0.3) is 5.69 Å². The van der Waals surface area contributed by atoms with Gasteiger partial charge in [0.05, 0.1) is 10.7 Å². The van der Waals surface area contributed by atoms with Crippen LogP contribution in [0.2, 0.25) is 0 Å². The average molecular weight is 214 g/mol. The maximum atomic E-state index is 11.1. The van der Waals surface area contributed by atoms with E-state index < -0.39 is 14.7 Å². The quantitative estimate of drug-likeness (QED) is 0.614. The molecule has 0 fully saturated rings. The van der Waals surface area contributed by atoms with E-state index in [2.05, 4.69) is 0 Å². The number of non-ortho nitro benzene ring substituents is 1. The Hall–Kier alpha value is -1.43. The van der Waals surface area contributed by atoms with Gasteiger partial charge < -0.3 is 0 Å². The minimum Gasteiger partial charge on any atom is -0.258 e. The number of nitro benzene ring substituents is 1. The Morgan fingerprint density at radius 3 is 2.71 bits per heavy atom. The molecular formula is C8H10N2O3S. The highest BCUT2D eigenvalue weighted by Gasteiger charge is 2.07. The van der Waals surface area contributed by atoms with Crippen LogP contribution in [0, 0.1) is 14.9 Å². The summed E-state index contributed by atoms with van der Waals surface area (Å²) >= 11 is 0. The zero-order chi connectivity index (χ0) is 10.8. The van der Waals surface area contributed by atoms with Gasteiger partial charge in [-0.05, 0) is 5.56 Å². The first-order valence-electron chi connectivity index (χ1n) is 3.83. The van der Waals surface area contributed by atoms with Crippen LogP contribution in [-0.2, 0) is 15.5 Å². The second-order valence-corrected chi connectivity index (χ2v) is 5.37. The Labute approximate surface area is 81.9 Å². The lowest BCUT2D eigenvalue weighted by Gasteiger charge is -2.00. The largest absolute Gasteiger partial charge is 0.269 e. The molecule has 0 aliphatic carbocycles. The summed E-state index contributed by atoms with van der Waals surface area (Å²) in [6.07, 6.45) is 1.31. The van der Waals surface area contributed by atoms with Gasteiger partial charge in [-0.1, -0.05) is 12.1 Å².